The first-order valence-electron chi connectivity index (χ1n) is 10.4. The number of aliphatic hydroxyl groups is 2. The molecule has 1 heterocycles. The molecular formula is C22H32N2O5. The number of aromatic nitrogens is 1. The predicted molar refractivity (Wildman–Crippen MR) is 113 cm³/mol. The molecule has 1 aliphatic rings. The zero-order valence-corrected chi connectivity index (χ0v) is 17.3. The van der Waals surface area contributed by atoms with Gasteiger partial charge in [-0.1, -0.05) is 19.3 Å². The van der Waals surface area contributed by atoms with Gasteiger partial charge in [-0.2, -0.15) is 0 Å². The van der Waals surface area contributed by atoms with E-state index in [9.17, 15) is 9.90 Å². The second-order valence-electron chi connectivity index (χ2n) is 7.82. The normalized spacial score (nSPS) is 16.1. The first-order chi connectivity index (χ1) is 14.1. The summed E-state index contributed by atoms with van der Waals surface area (Å²) in [6.45, 7) is 0.929. The SMILES string of the molecule is COc1cc2cc(CNCC(O)CO)c(=O)n(CC3CCCCC3)c2cc1OC. The molecule has 160 valence electrons. The number of benzene rings is 1. The quantitative estimate of drug-likeness (QED) is 0.592. The summed E-state index contributed by atoms with van der Waals surface area (Å²) in [5, 5.41) is 22.5. The number of ether oxygens (including phenoxy) is 2. The molecule has 7 nitrogen and oxygen atoms in total. The fraction of sp³-hybridized carbons (Fsp3) is 0.591. The van der Waals surface area contributed by atoms with Crippen LogP contribution < -0.4 is 20.3 Å². The molecule has 0 aliphatic heterocycles. The van der Waals surface area contributed by atoms with Gasteiger partial charge in [0.1, 0.15) is 0 Å². The molecule has 2 aromatic rings. The average Bonchev–Trinajstić information content (AvgIpc) is 2.76. The average molecular weight is 405 g/mol. The molecule has 1 saturated carbocycles. The van der Waals surface area contributed by atoms with Crippen LogP contribution in [0.5, 0.6) is 11.5 Å². The van der Waals surface area contributed by atoms with Crippen LogP contribution in [0.15, 0.2) is 23.0 Å². The zero-order valence-electron chi connectivity index (χ0n) is 17.3. The van der Waals surface area contributed by atoms with Gasteiger partial charge >= 0.3 is 0 Å². The number of aliphatic hydroxyl groups excluding tert-OH is 2. The fourth-order valence-corrected chi connectivity index (χ4v) is 4.14. The van der Waals surface area contributed by atoms with E-state index < -0.39 is 6.10 Å². The third-order valence-electron chi connectivity index (χ3n) is 5.74. The molecule has 1 aromatic carbocycles. The van der Waals surface area contributed by atoms with Gasteiger partial charge < -0.3 is 29.6 Å². The minimum atomic E-state index is -0.843. The smallest absolute Gasteiger partial charge is 0.255 e. The maximum atomic E-state index is 13.3. The molecule has 0 radical (unpaired) electrons. The highest BCUT2D eigenvalue weighted by atomic mass is 16.5. The molecule has 3 rings (SSSR count). The van der Waals surface area contributed by atoms with Crippen molar-refractivity contribution in [3.05, 3.63) is 34.1 Å². The Morgan fingerprint density at radius 3 is 2.48 bits per heavy atom. The number of rotatable bonds is 9. The predicted octanol–water partition coefficient (Wildman–Crippen LogP) is 2.04. The first-order valence-corrected chi connectivity index (χ1v) is 10.4. The van der Waals surface area contributed by atoms with E-state index in [2.05, 4.69) is 5.32 Å². The van der Waals surface area contributed by atoms with Gasteiger partial charge in [-0.25, -0.2) is 0 Å². The van der Waals surface area contributed by atoms with Gasteiger partial charge in [-0.3, -0.25) is 4.79 Å². The third kappa shape index (κ3) is 5.10. The number of hydrogen-bond donors (Lipinski definition) is 3. The summed E-state index contributed by atoms with van der Waals surface area (Å²) >= 11 is 0. The van der Waals surface area contributed by atoms with Crippen LogP contribution >= 0.6 is 0 Å². The van der Waals surface area contributed by atoms with E-state index >= 15 is 0 Å². The number of fused-ring (bicyclic) bond motifs is 1. The Labute approximate surface area is 171 Å². The lowest BCUT2D eigenvalue weighted by Gasteiger charge is -2.24. The maximum absolute atomic E-state index is 13.3. The molecule has 1 unspecified atom stereocenters. The molecule has 29 heavy (non-hydrogen) atoms. The van der Waals surface area contributed by atoms with E-state index in [4.69, 9.17) is 14.6 Å². The molecule has 0 saturated heterocycles. The summed E-state index contributed by atoms with van der Waals surface area (Å²) in [7, 11) is 3.19. The highest BCUT2D eigenvalue weighted by Gasteiger charge is 2.19. The summed E-state index contributed by atoms with van der Waals surface area (Å²) in [5.41, 5.74) is 1.45. The van der Waals surface area contributed by atoms with E-state index in [1.54, 1.807) is 14.2 Å². The molecule has 0 spiro atoms. The van der Waals surface area contributed by atoms with Gasteiger partial charge in [0.15, 0.2) is 11.5 Å². The van der Waals surface area contributed by atoms with Crippen LogP contribution in [-0.4, -0.2) is 48.3 Å². The second kappa shape index (κ2) is 10.1. The van der Waals surface area contributed by atoms with Crippen molar-refractivity contribution in [3.63, 3.8) is 0 Å². The van der Waals surface area contributed by atoms with Crippen molar-refractivity contribution < 1.29 is 19.7 Å². The maximum Gasteiger partial charge on any atom is 0.255 e. The van der Waals surface area contributed by atoms with Crippen LogP contribution in [0.1, 0.15) is 37.7 Å². The minimum absolute atomic E-state index is 0.0266. The lowest BCUT2D eigenvalue weighted by Crippen LogP contribution is -2.33. The van der Waals surface area contributed by atoms with Crippen LogP contribution in [0, 0.1) is 5.92 Å². The second-order valence-corrected chi connectivity index (χ2v) is 7.82. The van der Waals surface area contributed by atoms with Crippen LogP contribution in [-0.2, 0) is 13.1 Å². The standard InChI is InChI=1S/C22H32N2O5/c1-28-20-9-16-8-17(11-23-12-18(26)14-25)22(27)24(19(16)10-21(20)29-2)13-15-6-4-3-5-7-15/h8-10,15,18,23,25-26H,3-7,11-14H2,1-2H3. The van der Waals surface area contributed by atoms with E-state index in [1.807, 2.05) is 22.8 Å². The lowest BCUT2D eigenvalue weighted by atomic mass is 9.89. The van der Waals surface area contributed by atoms with Gasteiger partial charge in [-0.15, -0.1) is 0 Å². The van der Waals surface area contributed by atoms with Crippen LogP contribution in [0.2, 0.25) is 0 Å². The monoisotopic (exact) mass is 404 g/mol. The van der Waals surface area contributed by atoms with Crippen LogP contribution in [0.4, 0.5) is 0 Å². The van der Waals surface area contributed by atoms with Crippen molar-refractivity contribution in [2.24, 2.45) is 5.92 Å². The van der Waals surface area contributed by atoms with Crippen molar-refractivity contribution in [2.75, 3.05) is 27.4 Å². The highest BCUT2D eigenvalue weighted by Crippen LogP contribution is 2.33. The topological polar surface area (TPSA) is 93.0 Å². The molecule has 3 N–H and O–H groups in total. The van der Waals surface area contributed by atoms with Gasteiger partial charge in [-0.05, 0) is 30.9 Å². The Morgan fingerprint density at radius 2 is 1.83 bits per heavy atom. The summed E-state index contributed by atoms with van der Waals surface area (Å²) in [5.74, 6) is 1.73. The van der Waals surface area contributed by atoms with Crippen molar-refractivity contribution in [1.29, 1.82) is 0 Å². The Balaban J connectivity index is 2.01. The number of hydrogen-bond acceptors (Lipinski definition) is 6. The van der Waals surface area contributed by atoms with E-state index in [1.165, 1.54) is 19.3 Å². The van der Waals surface area contributed by atoms with Crippen molar-refractivity contribution >= 4 is 10.9 Å². The number of nitrogens with zero attached hydrogens (tertiary/aromatic N) is 1. The number of nitrogens with one attached hydrogen (secondary N) is 1. The summed E-state index contributed by atoms with van der Waals surface area (Å²) in [6.07, 6.45) is 5.15. The lowest BCUT2D eigenvalue weighted by molar-refractivity contribution is 0.0942. The van der Waals surface area contributed by atoms with Gasteiger partial charge in [0.2, 0.25) is 0 Å². The highest BCUT2D eigenvalue weighted by molar-refractivity contribution is 5.83. The first kappa shape index (κ1) is 21.6. The summed E-state index contributed by atoms with van der Waals surface area (Å²) < 4.78 is 12.8. The number of methoxy groups -OCH3 is 2. The molecule has 7 heteroatoms. The van der Waals surface area contributed by atoms with E-state index in [0.717, 1.165) is 23.7 Å². The summed E-state index contributed by atoms with van der Waals surface area (Å²) in [6, 6.07) is 5.65. The van der Waals surface area contributed by atoms with E-state index in [0.29, 0.717) is 36.1 Å². The van der Waals surface area contributed by atoms with E-state index in [-0.39, 0.29) is 18.7 Å². The molecule has 0 amide bonds. The molecule has 1 fully saturated rings. The molecule has 1 aliphatic carbocycles. The Hall–Kier alpha value is -2.09. The molecule has 1 aromatic heterocycles. The Kier molecular flexibility index (Phi) is 7.52. The molecule has 0 bridgehead atoms. The zero-order chi connectivity index (χ0) is 20.8. The summed E-state index contributed by atoms with van der Waals surface area (Å²) in [4.78, 5) is 13.3. The van der Waals surface area contributed by atoms with Crippen LogP contribution in [0.3, 0.4) is 0 Å². The van der Waals surface area contributed by atoms with Gasteiger partial charge in [0.25, 0.3) is 5.56 Å². The van der Waals surface area contributed by atoms with Crippen LogP contribution in [0.25, 0.3) is 10.9 Å². The fourth-order valence-electron chi connectivity index (χ4n) is 4.14. The number of pyridine rings is 1. The Morgan fingerprint density at radius 1 is 1.14 bits per heavy atom. The van der Waals surface area contributed by atoms with Crippen molar-refractivity contribution in [2.45, 2.75) is 51.3 Å². The Bertz CT molecular complexity index is 874. The third-order valence-corrected chi connectivity index (χ3v) is 5.74. The molecule has 1 atom stereocenters. The van der Waals surface area contributed by atoms with Gasteiger partial charge in [0.05, 0.1) is 32.4 Å². The largest absolute Gasteiger partial charge is 0.493 e. The molecular weight excluding hydrogens is 372 g/mol. The minimum Gasteiger partial charge on any atom is -0.493 e. The van der Waals surface area contributed by atoms with Crippen molar-refractivity contribution in [1.82, 2.24) is 9.88 Å². The van der Waals surface area contributed by atoms with Gasteiger partial charge in [0, 0.05) is 36.7 Å². The van der Waals surface area contributed by atoms with Crippen molar-refractivity contribution in [3.8, 4) is 11.5 Å².